The first-order chi connectivity index (χ1) is 5.02. The Morgan fingerprint density at radius 3 is 2.64 bits per heavy atom. The van der Waals surface area contributed by atoms with E-state index < -0.39 is 5.97 Å². The molecule has 1 saturated carbocycles. The SMILES string of the molecule is CC1(C)CCCC1=CC(=O)O. The molecule has 2 heteroatoms. The lowest BCUT2D eigenvalue weighted by Crippen LogP contribution is -2.08. The Kier molecular flexibility index (Phi) is 2.03. The molecule has 0 spiro atoms. The minimum atomic E-state index is -0.810. The number of allylic oxidation sites excluding steroid dienone is 1. The third kappa shape index (κ3) is 1.82. The summed E-state index contributed by atoms with van der Waals surface area (Å²) in [5.41, 5.74) is 1.21. The van der Waals surface area contributed by atoms with E-state index in [0.29, 0.717) is 0 Å². The van der Waals surface area contributed by atoms with Gasteiger partial charge in [-0.2, -0.15) is 0 Å². The van der Waals surface area contributed by atoms with Gasteiger partial charge in [-0.1, -0.05) is 19.4 Å². The van der Waals surface area contributed by atoms with Crippen LogP contribution in [0.25, 0.3) is 0 Å². The molecule has 0 radical (unpaired) electrons. The lowest BCUT2D eigenvalue weighted by molar-refractivity contribution is -0.131. The molecule has 0 atom stereocenters. The number of carboxylic acids is 1. The van der Waals surface area contributed by atoms with E-state index in [4.69, 9.17) is 5.11 Å². The highest BCUT2D eigenvalue weighted by Gasteiger charge is 2.28. The monoisotopic (exact) mass is 154 g/mol. The van der Waals surface area contributed by atoms with Crippen molar-refractivity contribution in [1.29, 1.82) is 0 Å². The van der Waals surface area contributed by atoms with Crippen LogP contribution in [-0.2, 0) is 4.79 Å². The molecule has 1 rings (SSSR count). The highest BCUT2D eigenvalue weighted by atomic mass is 16.4. The standard InChI is InChI=1S/C9H14O2/c1-9(2)5-3-4-7(9)6-8(10)11/h6H,3-5H2,1-2H3,(H,10,11). The molecular formula is C9H14O2. The van der Waals surface area contributed by atoms with Crippen molar-refractivity contribution in [3.05, 3.63) is 11.6 Å². The molecule has 0 bridgehead atoms. The van der Waals surface area contributed by atoms with Crippen LogP contribution in [0.2, 0.25) is 0 Å². The average Bonchev–Trinajstić information content (AvgIpc) is 2.10. The third-order valence-corrected chi connectivity index (χ3v) is 2.41. The van der Waals surface area contributed by atoms with E-state index >= 15 is 0 Å². The van der Waals surface area contributed by atoms with Crippen molar-refractivity contribution in [3.63, 3.8) is 0 Å². The van der Waals surface area contributed by atoms with E-state index in [0.717, 1.165) is 24.8 Å². The van der Waals surface area contributed by atoms with Gasteiger partial charge in [-0.25, -0.2) is 4.79 Å². The van der Waals surface area contributed by atoms with Gasteiger partial charge in [0.05, 0.1) is 0 Å². The maximum Gasteiger partial charge on any atom is 0.328 e. The smallest absolute Gasteiger partial charge is 0.328 e. The predicted octanol–water partition coefficient (Wildman–Crippen LogP) is 2.21. The second-order valence-corrected chi connectivity index (χ2v) is 3.75. The highest BCUT2D eigenvalue weighted by molar-refractivity contribution is 5.81. The maximum atomic E-state index is 10.4. The summed E-state index contributed by atoms with van der Waals surface area (Å²) in [5.74, 6) is -0.810. The molecule has 0 aromatic carbocycles. The molecule has 0 aromatic heterocycles. The van der Waals surface area contributed by atoms with Crippen LogP contribution < -0.4 is 0 Å². The van der Waals surface area contributed by atoms with Crippen molar-refractivity contribution in [2.75, 3.05) is 0 Å². The summed E-state index contributed by atoms with van der Waals surface area (Å²) >= 11 is 0. The van der Waals surface area contributed by atoms with Gasteiger partial charge in [0.1, 0.15) is 0 Å². The van der Waals surface area contributed by atoms with Gasteiger partial charge in [0, 0.05) is 6.08 Å². The van der Waals surface area contributed by atoms with Gasteiger partial charge in [0.15, 0.2) is 0 Å². The van der Waals surface area contributed by atoms with Crippen LogP contribution in [0.4, 0.5) is 0 Å². The minimum absolute atomic E-state index is 0.123. The predicted molar refractivity (Wildman–Crippen MR) is 43.4 cm³/mol. The van der Waals surface area contributed by atoms with Gasteiger partial charge in [-0.3, -0.25) is 0 Å². The minimum Gasteiger partial charge on any atom is -0.478 e. The van der Waals surface area contributed by atoms with Crippen LogP contribution in [0, 0.1) is 5.41 Å². The molecule has 0 aliphatic heterocycles. The summed E-state index contributed by atoms with van der Waals surface area (Å²) in [4.78, 5) is 10.4. The van der Waals surface area contributed by atoms with Crippen molar-refractivity contribution < 1.29 is 9.90 Å². The molecule has 1 fully saturated rings. The number of carbonyl (C=O) groups is 1. The zero-order valence-corrected chi connectivity index (χ0v) is 7.05. The Labute approximate surface area is 66.9 Å². The van der Waals surface area contributed by atoms with E-state index in [-0.39, 0.29) is 5.41 Å². The molecule has 0 amide bonds. The molecule has 0 aromatic rings. The van der Waals surface area contributed by atoms with Crippen LogP contribution in [0.3, 0.4) is 0 Å². The zero-order chi connectivity index (χ0) is 8.48. The topological polar surface area (TPSA) is 37.3 Å². The fourth-order valence-electron chi connectivity index (χ4n) is 1.64. The van der Waals surface area contributed by atoms with E-state index in [1.54, 1.807) is 0 Å². The fraction of sp³-hybridized carbons (Fsp3) is 0.667. The van der Waals surface area contributed by atoms with E-state index in [1.165, 1.54) is 6.08 Å². The largest absolute Gasteiger partial charge is 0.478 e. The molecular weight excluding hydrogens is 140 g/mol. The molecule has 62 valence electrons. The number of hydrogen-bond acceptors (Lipinski definition) is 1. The van der Waals surface area contributed by atoms with Crippen LogP contribution in [-0.4, -0.2) is 11.1 Å². The highest BCUT2D eigenvalue weighted by Crippen LogP contribution is 2.41. The second kappa shape index (κ2) is 2.68. The van der Waals surface area contributed by atoms with E-state index in [9.17, 15) is 4.79 Å². The molecule has 1 N–H and O–H groups in total. The Morgan fingerprint density at radius 2 is 2.27 bits per heavy atom. The normalized spacial score (nSPS) is 25.8. The molecule has 0 heterocycles. The van der Waals surface area contributed by atoms with Crippen molar-refractivity contribution in [3.8, 4) is 0 Å². The quantitative estimate of drug-likeness (QED) is 0.588. The van der Waals surface area contributed by atoms with Gasteiger partial charge in [0.2, 0.25) is 0 Å². The summed E-state index contributed by atoms with van der Waals surface area (Å²) in [7, 11) is 0. The van der Waals surface area contributed by atoms with Crippen molar-refractivity contribution in [2.24, 2.45) is 5.41 Å². The van der Waals surface area contributed by atoms with Gasteiger partial charge >= 0.3 is 5.97 Å². The van der Waals surface area contributed by atoms with Crippen molar-refractivity contribution in [1.82, 2.24) is 0 Å². The van der Waals surface area contributed by atoms with Crippen LogP contribution in [0.15, 0.2) is 11.6 Å². The van der Waals surface area contributed by atoms with Gasteiger partial charge in [-0.05, 0) is 24.7 Å². The lowest BCUT2D eigenvalue weighted by atomic mass is 9.87. The average molecular weight is 154 g/mol. The Bertz CT molecular complexity index is 202. The fourth-order valence-corrected chi connectivity index (χ4v) is 1.64. The van der Waals surface area contributed by atoms with E-state index in [1.807, 2.05) is 0 Å². The lowest BCUT2D eigenvalue weighted by Gasteiger charge is -2.18. The first-order valence-electron chi connectivity index (χ1n) is 3.96. The van der Waals surface area contributed by atoms with Crippen LogP contribution >= 0.6 is 0 Å². The summed E-state index contributed by atoms with van der Waals surface area (Å²) in [6.45, 7) is 4.21. The van der Waals surface area contributed by atoms with Gasteiger partial charge in [0.25, 0.3) is 0 Å². The third-order valence-electron chi connectivity index (χ3n) is 2.41. The zero-order valence-electron chi connectivity index (χ0n) is 7.05. The first-order valence-corrected chi connectivity index (χ1v) is 3.96. The molecule has 2 nitrogen and oxygen atoms in total. The summed E-state index contributed by atoms with van der Waals surface area (Å²) in [6.07, 6.45) is 4.57. The second-order valence-electron chi connectivity index (χ2n) is 3.75. The van der Waals surface area contributed by atoms with Crippen molar-refractivity contribution >= 4 is 5.97 Å². The number of rotatable bonds is 1. The molecule has 11 heavy (non-hydrogen) atoms. The molecule has 1 aliphatic rings. The van der Waals surface area contributed by atoms with Gasteiger partial charge in [-0.15, -0.1) is 0 Å². The van der Waals surface area contributed by atoms with Crippen LogP contribution in [0.1, 0.15) is 33.1 Å². The van der Waals surface area contributed by atoms with Gasteiger partial charge < -0.3 is 5.11 Å². The molecule has 0 saturated heterocycles. The van der Waals surface area contributed by atoms with Crippen LogP contribution in [0.5, 0.6) is 0 Å². The molecule has 1 aliphatic carbocycles. The Hall–Kier alpha value is -0.790. The van der Waals surface area contributed by atoms with E-state index in [2.05, 4.69) is 13.8 Å². The number of hydrogen-bond donors (Lipinski definition) is 1. The Morgan fingerprint density at radius 1 is 1.64 bits per heavy atom. The summed E-state index contributed by atoms with van der Waals surface area (Å²) < 4.78 is 0. The Balaban J connectivity index is 2.80. The molecule has 0 unspecified atom stereocenters. The summed E-state index contributed by atoms with van der Waals surface area (Å²) in [5, 5.41) is 8.53. The first kappa shape index (κ1) is 8.31. The number of aliphatic carboxylic acids is 1. The summed E-state index contributed by atoms with van der Waals surface area (Å²) in [6, 6.07) is 0. The maximum absolute atomic E-state index is 10.4. The number of carboxylic acid groups (broad SMARTS) is 1. The van der Waals surface area contributed by atoms with Crippen molar-refractivity contribution in [2.45, 2.75) is 33.1 Å².